The zero-order valence-electron chi connectivity index (χ0n) is 8.78. The van der Waals surface area contributed by atoms with Gasteiger partial charge in [0.05, 0.1) is 0 Å². The molecule has 0 bridgehead atoms. The number of aromatic hydroxyl groups is 1. The third-order valence-electron chi connectivity index (χ3n) is 2.54. The molecule has 0 spiro atoms. The van der Waals surface area contributed by atoms with Gasteiger partial charge in [-0.3, -0.25) is 4.98 Å². The number of fused-ring (bicyclic) bond motifs is 1. The Morgan fingerprint density at radius 2 is 2.25 bits per heavy atom. The molecular formula is C13H12ClNO. The lowest BCUT2D eigenvalue weighted by atomic mass is 10.0. The molecule has 0 atom stereocenters. The molecule has 0 saturated carbocycles. The molecule has 2 rings (SSSR count). The molecular weight excluding hydrogens is 222 g/mol. The van der Waals surface area contributed by atoms with E-state index in [-0.39, 0.29) is 5.75 Å². The Morgan fingerprint density at radius 1 is 1.44 bits per heavy atom. The highest BCUT2D eigenvalue weighted by Gasteiger charge is 2.10. The third kappa shape index (κ3) is 1.76. The average Bonchev–Trinajstić information content (AvgIpc) is 2.33. The van der Waals surface area contributed by atoms with Crippen LogP contribution in [0.15, 0.2) is 37.1 Å². The maximum absolute atomic E-state index is 10.0. The molecule has 1 N–H and O–H groups in total. The van der Waals surface area contributed by atoms with Crippen LogP contribution < -0.4 is 0 Å². The van der Waals surface area contributed by atoms with E-state index in [1.807, 2.05) is 18.2 Å². The van der Waals surface area contributed by atoms with E-state index in [0.29, 0.717) is 17.8 Å². The van der Waals surface area contributed by atoms with Crippen LogP contribution in [0, 0.1) is 0 Å². The lowest BCUT2D eigenvalue weighted by Gasteiger charge is -2.09. The monoisotopic (exact) mass is 233 g/mol. The maximum Gasteiger partial charge on any atom is 0.145 e. The molecule has 0 aliphatic carbocycles. The van der Waals surface area contributed by atoms with Crippen molar-refractivity contribution < 1.29 is 5.11 Å². The van der Waals surface area contributed by atoms with Crippen LogP contribution in [0.4, 0.5) is 0 Å². The molecule has 1 aromatic heterocycles. The number of alkyl halides is 1. The van der Waals surface area contributed by atoms with Crippen LogP contribution in [0.5, 0.6) is 5.75 Å². The zero-order chi connectivity index (χ0) is 11.5. The molecule has 0 saturated heterocycles. The summed E-state index contributed by atoms with van der Waals surface area (Å²) in [4.78, 5) is 4.19. The minimum absolute atomic E-state index is 0.226. The fourth-order valence-corrected chi connectivity index (χ4v) is 2.00. The molecule has 1 aromatic carbocycles. The number of halogens is 1. The van der Waals surface area contributed by atoms with Crippen LogP contribution in [0.3, 0.4) is 0 Å². The van der Waals surface area contributed by atoms with E-state index in [2.05, 4.69) is 11.6 Å². The van der Waals surface area contributed by atoms with Gasteiger partial charge in [-0.05, 0) is 24.1 Å². The number of phenolic OH excluding ortho intramolecular Hbond substituents is 1. The van der Waals surface area contributed by atoms with Crippen molar-refractivity contribution in [3.63, 3.8) is 0 Å². The first kappa shape index (κ1) is 11.0. The molecule has 0 aliphatic rings. The predicted octanol–water partition coefficient (Wildman–Crippen LogP) is 3.41. The largest absolute Gasteiger partial charge is 0.505 e. The van der Waals surface area contributed by atoms with Crippen LogP contribution in [-0.2, 0) is 12.3 Å². The van der Waals surface area contributed by atoms with Crippen molar-refractivity contribution in [1.29, 1.82) is 0 Å². The number of pyridine rings is 1. The molecule has 82 valence electrons. The fraction of sp³-hybridized carbons (Fsp3) is 0.154. The van der Waals surface area contributed by atoms with Crippen LogP contribution in [0.25, 0.3) is 10.9 Å². The number of allylic oxidation sites excluding steroid dienone is 1. The normalized spacial score (nSPS) is 10.6. The van der Waals surface area contributed by atoms with Gasteiger partial charge in [-0.1, -0.05) is 12.1 Å². The number of hydrogen-bond acceptors (Lipinski definition) is 2. The number of phenols is 1. The topological polar surface area (TPSA) is 33.1 Å². The van der Waals surface area contributed by atoms with Gasteiger partial charge in [0.1, 0.15) is 11.3 Å². The maximum atomic E-state index is 10.0. The summed E-state index contributed by atoms with van der Waals surface area (Å²) in [5, 5.41) is 11.0. The first-order valence-electron chi connectivity index (χ1n) is 5.03. The van der Waals surface area contributed by atoms with Gasteiger partial charge < -0.3 is 5.11 Å². The second-order valence-corrected chi connectivity index (χ2v) is 3.84. The number of hydrogen-bond donors (Lipinski definition) is 1. The fourth-order valence-electron chi connectivity index (χ4n) is 1.78. The van der Waals surface area contributed by atoms with Crippen molar-refractivity contribution in [1.82, 2.24) is 4.98 Å². The Balaban J connectivity index is 2.77. The van der Waals surface area contributed by atoms with Crippen LogP contribution in [0.2, 0.25) is 0 Å². The number of rotatable bonds is 3. The van der Waals surface area contributed by atoms with E-state index in [1.165, 1.54) is 0 Å². The van der Waals surface area contributed by atoms with Gasteiger partial charge in [0.2, 0.25) is 0 Å². The van der Waals surface area contributed by atoms with E-state index in [9.17, 15) is 5.11 Å². The van der Waals surface area contributed by atoms with Gasteiger partial charge >= 0.3 is 0 Å². The van der Waals surface area contributed by atoms with Gasteiger partial charge in [0.15, 0.2) is 0 Å². The third-order valence-corrected chi connectivity index (χ3v) is 2.83. The lowest BCUT2D eigenvalue weighted by molar-refractivity contribution is 0.474. The Morgan fingerprint density at radius 3 is 2.94 bits per heavy atom. The van der Waals surface area contributed by atoms with E-state index in [4.69, 9.17) is 11.6 Å². The van der Waals surface area contributed by atoms with Crippen molar-refractivity contribution >= 4 is 22.5 Å². The van der Waals surface area contributed by atoms with Crippen LogP contribution >= 0.6 is 11.6 Å². The molecule has 2 aromatic rings. The summed E-state index contributed by atoms with van der Waals surface area (Å²) < 4.78 is 0. The Bertz CT molecular complexity index is 537. The highest BCUT2D eigenvalue weighted by atomic mass is 35.5. The molecule has 3 heteroatoms. The second kappa shape index (κ2) is 4.54. The summed E-state index contributed by atoms with van der Waals surface area (Å²) in [6.07, 6.45) is 4.03. The molecule has 0 fully saturated rings. The predicted molar refractivity (Wildman–Crippen MR) is 66.9 cm³/mol. The lowest BCUT2D eigenvalue weighted by Crippen LogP contribution is -1.91. The average molecular weight is 234 g/mol. The van der Waals surface area contributed by atoms with Crippen molar-refractivity contribution in [2.24, 2.45) is 0 Å². The summed E-state index contributed by atoms with van der Waals surface area (Å²) in [5.41, 5.74) is 2.41. The summed E-state index contributed by atoms with van der Waals surface area (Å²) in [5.74, 6) is 0.636. The summed E-state index contributed by atoms with van der Waals surface area (Å²) >= 11 is 5.90. The molecule has 0 amide bonds. The van der Waals surface area contributed by atoms with Crippen LogP contribution in [-0.4, -0.2) is 10.1 Å². The van der Waals surface area contributed by atoms with Gasteiger partial charge in [-0.2, -0.15) is 0 Å². The van der Waals surface area contributed by atoms with Gasteiger partial charge in [-0.25, -0.2) is 0 Å². The molecule has 2 nitrogen and oxygen atoms in total. The van der Waals surface area contributed by atoms with Crippen molar-refractivity contribution in [2.75, 3.05) is 0 Å². The summed E-state index contributed by atoms with van der Waals surface area (Å²) in [6, 6.07) is 5.66. The molecule has 0 unspecified atom stereocenters. The van der Waals surface area contributed by atoms with E-state index in [0.717, 1.165) is 16.5 Å². The van der Waals surface area contributed by atoms with Crippen molar-refractivity contribution in [3.05, 3.63) is 48.2 Å². The Hall–Kier alpha value is -1.54. The van der Waals surface area contributed by atoms with E-state index in [1.54, 1.807) is 12.3 Å². The molecule has 0 radical (unpaired) electrons. The first-order chi connectivity index (χ1) is 7.77. The smallest absolute Gasteiger partial charge is 0.145 e. The van der Waals surface area contributed by atoms with Gasteiger partial charge in [-0.15, -0.1) is 18.2 Å². The quantitative estimate of drug-likeness (QED) is 0.651. The molecule has 16 heavy (non-hydrogen) atoms. The highest BCUT2D eigenvalue weighted by molar-refractivity contribution is 6.18. The van der Waals surface area contributed by atoms with E-state index < -0.39 is 0 Å². The van der Waals surface area contributed by atoms with Crippen molar-refractivity contribution in [2.45, 2.75) is 12.3 Å². The molecule has 1 heterocycles. The highest BCUT2D eigenvalue weighted by Crippen LogP contribution is 2.31. The minimum Gasteiger partial charge on any atom is -0.505 e. The second-order valence-electron chi connectivity index (χ2n) is 3.57. The number of nitrogens with zero attached hydrogens (tertiary/aromatic N) is 1. The van der Waals surface area contributed by atoms with Gasteiger partial charge in [0.25, 0.3) is 0 Å². The molecule has 0 aliphatic heterocycles. The Kier molecular flexibility index (Phi) is 3.11. The number of aromatic nitrogens is 1. The zero-order valence-corrected chi connectivity index (χ0v) is 9.54. The van der Waals surface area contributed by atoms with Crippen molar-refractivity contribution in [3.8, 4) is 5.75 Å². The van der Waals surface area contributed by atoms with Gasteiger partial charge in [0, 0.05) is 23.0 Å². The standard InChI is InChI=1S/C13H12ClNO/c1-2-4-9-7-10(8-14)11-5-3-6-15-12(11)13(9)16/h2-3,5-7,16H,1,4,8H2. The Labute approximate surface area is 99.2 Å². The SMILES string of the molecule is C=CCc1cc(CCl)c2cccnc2c1O. The summed E-state index contributed by atoms with van der Waals surface area (Å²) in [6.45, 7) is 3.67. The minimum atomic E-state index is 0.226. The summed E-state index contributed by atoms with van der Waals surface area (Å²) in [7, 11) is 0. The van der Waals surface area contributed by atoms with E-state index >= 15 is 0 Å². The van der Waals surface area contributed by atoms with Crippen LogP contribution in [0.1, 0.15) is 11.1 Å². The number of benzene rings is 1. The first-order valence-corrected chi connectivity index (χ1v) is 5.56.